The van der Waals surface area contributed by atoms with E-state index in [1.165, 1.54) is 24.8 Å². The lowest BCUT2D eigenvalue weighted by Gasteiger charge is -2.12. The Bertz CT molecular complexity index is 1050. The largest absolute Gasteiger partial charge is 0.494 e. The fourth-order valence-electron chi connectivity index (χ4n) is 2.97. The zero-order valence-electron chi connectivity index (χ0n) is 16.6. The predicted molar refractivity (Wildman–Crippen MR) is 124 cm³/mol. The number of thiocarbonyl (C=S) groups is 1. The van der Waals surface area contributed by atoms with Crippen LogP contribution in [0.3, 0.4) is 0 Å². The van der Waals surface area contributed by atoms with Crippen LogP contribution in [0.15, 0.2) is 36.4 Å². The maximum atomic E-state index is 12.4. The van der Waals surface area contributed by atoms with Crippen molar-refractivity contribution in [3.63, 3.8) is 0 Å². The molecule has 0 atom stereocenters. The minimum Gasteiger partial charge on any atom is -0.494 e. The number of ether oxygens (including phenoxy) is 1. The van der Waals surface area contributed by atoms with Crippen molar-refractivity contribution < 1.29 is 9.53 Å². The quantitative estimate of drug-likeness (QED) is 0.461. The summed E-state index contributed by atoms with van der Waals surface area (Å²) in [6, 6.07) is 10.8. The molecule has 0 bridgehead atoms. The first kappa shape index (κ1) is 22.1. The van der Waals surface area contributed by atoms with Crippen molar-refractivity contribution in [2.24, 2.45) is 0 Å². The maximum absolute atomic E-state index is 12.4. The van der Waals surface area contributed by atoms with Gasteiger partial charge >= 0.3 is 0 Å². The average molecular weight is 463 g/mol. The number of methoxy groups -OCH3 is 1. The Morgan fingerprint density at radius 1 is 1.17 bits per heavy atom. The third-order valence-electron chi connectivity index (χ3n) is 4.57. The summed E-state index contributed by atoms with van der Waals surface area (Å²) in [6.07, 6.45) is 0.786. The molecule has 1 aromatic heterocycles. The van der Waals surface area contributed by atoms with Crippen molar-refractivity contribution in [1.82, 2.24) is 15.5 Å². The van der Waals surface area contributed by atoms with Gasteiger partial charge < -0.3 is 10.1 Å². The van der Waals surface area contributed by atoms with Gasteiger partial charge in [0.25, 0.3) is 5.91 Å². The smallest absolute Gasteiger partial charge is 0.257 e. The van der Waals surface area contributed by atoms with E-state index < -0.39 is 5.91 Å². The van der Waals surface area contributed by atoms with E-state index in [9.17, 15) is 4.79 Å². The first-order chi connectivity index (χ1) is 14.3. The van der Waals surface area contributed by atoms with Crippen molar-refractivity contribution >= 4 is 52.1 Å². The molecule has 156 valence electrons. The third-order valence-corrected chi connectivity index (χ3v) is 5.33. The van der Waals surface area contributed by atoms with Gasteiger partial charge in [0.15, 0.2) is 10.9 Å². The van der Waals surface area contributed by atoms with Gasteiger partial charge in [0, 0.05) is 28.9 Å². The molecule has 0 saturated carbocycles. The number of halogens is 2. The van der Waals surface area contributed by atoms with Crippen LogP contribution < -0.4 is 15.4 Å². The van der Waals surface area contributed by atoms with Gasteiger partial charge in [-0.3, -0.25) is 15.2 Å². The standard InChI is InChI=1S/C21H20Cl2N4O2S/c1-11-16(12(2)27-26-11)8-13-4-6-15(7-5-13)24-21(30)25-20(28)14-9-17(22)19(29-3)18(23)10-14/h4-7,9-10H,8H2,1-3H3,(H,26,27)(H2,24,25,28,30). The number of H-pyrrole nitrogens is 1. The Morgan fingerprint density at radius 2 is 1.80 bits per heavy atom. The second-order valence-electron chi connectivity index (χ2n) is 6.67. The van der Waals surface area contributed by atoms with E-state index in [-0.39, 0.29) is 20.7 Å². The number of anilines is 1. The van der Waals surface area contributed by atoms with Gasteiger partial charge in [0.2, 0.25) is 0 Å². The fourth-order valence-corrected chi connectivity index (χ4v) is 3.82. The maximum Gasteiger partial charge on any atom is 0.257 e. The zero-order valence-corrected chi connectivity index (χ0v) is 18.9. The lowest BCUT2D eigenvalue weighted by atomic mass is 10.0. The molecule has 9 heteroatoms. The second kappa shape index (κ2) is 9.47. The Morgan fingerprint density at radius 3 is 2.33 bits per heavy atom. The molecule has 1 heterocycles. The molecule has 3 N–H and O–H groups in total. The van der Waals surface area contributed by atoms with E-state index >= 15 is 0 Å². The van der Waals surface area contributed by atoms with E-state index in [1.54, 1.807) is 0 Å². The van der Waals surface area contributed by atoms with Crippen LogP contribution in [0, 0.1) is 13.8 Å². The zero-order chi connectivity index (χ0) is 21.8. The summed E-state index contributed by atoms with van der Waals surface area (Å²) in [5, 5.41) is 13.5. The summed E-state index contributed by atoms with van der Waals surface area (Å²) < 4.78 is 5.09. The van der Waals surface area contributed by atoms with Gasteiger partial charge in [0.1, 0.15) is 0 Å². The topological polar surface area (TPSA) is 79.0 Å². The number of hydrogen-bond donors (Lipinski definition) is 3. The van der Waals surface area contributed by atoms with Gasteiger partial charge in [0.05, 0.1) is 22.8 Å². The van der Waals surface area contributed by atoms with Crippen LogP contribution in [0.1, 0.15) is 32.9 Å². The van der Waals surface area contributed by atoms with E-state index in [0.29, 0.717) is 5.75 Å². The monoisotopic (exact) mass is 462 g/mol. The van der Waals surface area contributed by atoms with E-state index in [1.807, 2.05) is 38.1 Å². The van der Waals surface area contributed by atoms with Gasteiger partial charge in [-0.15, -0.1) is 0 Å². The van der Waals surface area contributed by atoms with Crippen LogP contribution in [0.4, 0.5) is 5.69 Å². The summed E-state index contributed by atoms with van der Waals surface area (Å²) >= 11 is 17.4. The molecule has 0 aliphatic heterocycles. The minimum atomic E-state index is -0.429. The van der Waals surface area contributed by atoms with Gasteiger partial charge in [-0.05, 0) is 55.9 Å². The molecule has 0 fully saturated rings. The van der Waals surface area contributed by atoms with Crippen LogP contribution in [0.25, 0.3) is 0 Å². The number of rotatable bonds is 5. The number of aromatic amines is 1. The molecule has 3 aromatic rings. The molecule has 30 heavy (non-hydrogen) atoms. The van der Waals surface area contributed by atoms with Gasteiger partial charge in [-0.1, -0.05) is 35.3 Å². The van der Waals surface area contributed by atoms with E-state index in [4.69, 9.17) is 40.2 Å². The number of benzene rings is 2. The fraction of sp³-hybridized carbons (Fsp3) is 0.190. The average Bonchev–Trinajstić information content (AvgIpc) is 3.01. The van der Waals surface area contributed by atoms with Crippen LogP contribution in [0.5, 0.6) is 5.75 Å². The van der Waals surface area contributed by atoms with Crippen molar-refractivity contribution in [2.75, 3.05) is 12.4 Å². The molecule has 6 nitrogen and oxygen atoms in total. The summed E-state index contributed by atoms with van der Waals surface area (Å²) in [5.41, 5.74) is 5.43. The molecule has 2 aromatic carbocycles. The van der Waals surface area contributed by atoms with Gasteiger partial charge in [-0.25, -0.2) is 0 Å². The molecule has 0 aliphatic rings. The number of nitrogens with zero attached hydrogens (tertiary/aromatic N) is 1. The molecule has 3 rings (SSSR count). The van der Waals surface area contributed by atoms with Crippen LogP contribution in [-0.2, 0) is 6.42 Å². The highest BCUT2D eigenvalue weighted by Crippen LogP contribution is 2.33. The summed E-state index contributed by atoms with van der Waals surface area (Å²) in [4.78, 5) is 12.4. The van der Waals surface area contributed by atoms with E-state index in [0.717, 1.165) is 29.1 Å². The highest BCUT2D eigenvalue weighted by Gasteiger charge is 2.15. The number of amides is 1. The molecule has 0 unspecified atom stereocenters. The summed E-state index contributed by atoms with van der Waals surface area (Å²) in [5.74, 6) is -0.113. The Labute approximate surface area is 189 Å². The highest BCUT2D eigenvalue weighted by molar-refractivity contribution is 7.80. The predicted octanol–water partition coefficient (Wildman–Crippen LogP) is 5.06. The van der Waals surface area contributed by atoms with Crippen molar-refractivity contribution in [1.29, 1.82) is 0 Å². The molecular weight excluding hydrogens is 443 g/mol. The number of hydrogen-bond acceptors (Lipinski definition) is 4. The Balaban J connectivity index is 1.61. The van der Waals surface area contributed by atoms with E-state index in [2.05, 4.69) is 20.8 Å². The Kier molecular flexibility index (Phi) is 6.97. The lowest BCUT2D eigenvalue weighted by molar-refractivity contribution is 0.0977. The minimum absolute atomic E-state index is 0.164. The molecule has 1 amide bonds. The van der Waals surface area contributed by atoms with Crippen molar-refractivity contribution in [3.05, 3.63) is 74.5 Å². The summed E-state index contributed by atoms with van der Waals surface area (Å²) in [7, 11) is 1.45. The van der Waals surface area contributed by atoms with Crippen molar-refractivity contribution in [3.8, 4) is 5.75 Å². The molecule has 0 radical (unpaired) electrons. The first-order valence-corrected chi connectivity index (χ1v) is 10.2. The molecule has 0 spiro atoms. The SMILES string of the molecule is COc1c(Cl)cc(C(=O)NC(=S)Nc2ccc(Cc3c(C)n[nH]c3C)cc2)cc1Cl. The molecular formula is C21H20Cl2N4O2S. The summed E-state index contributed by atoms with van der Waals surface area (Å²) in [6.45, 7) is 3.99. The lowest BCUT2D eigenvalue weighted by Crippen LogP contribution is -2.34. The Hall–Kier alpha value is -2.61. The van der Waals surface area contributed by atoms with Gasteiger partial charge in [-0.2, -0.15) is 5.10 Å². The molecule has 0 saturated heterocycles. The number of carbonyl (C=O) groups is 1. The normalized spacial score (nSPS) is 10.6. The van der Waals surface area contributed by atoms with Crippen molar-refractivity contribution in [2.45, 2.75) is 20.3 Å². The number of aryl methyl sites for hydroxylation is 2. The number of aromatic nitrogens is 2. The number of carbonyl (C=O) groups excluding carboxylic acids is 1. The second-order valence-corrected chi connectivity index (χ2v) is 7.89. The first-order valence-electron chi connectivity index (χ1n) is 9.03. The van der Waals surface area contributed by atoms with Crippen LogP contribution in [0.2, 0.25) is 10.0 Å². The van der Waals surface area contributed by atoms with Crippen LogP contribution >= 0.6 is 35.4 Å². The molecule has 0 aliphatic carbocycles. The third kappa shape index (κ3) is 5.11. The van der Waals surface area contributed by atoms with Crippen LogP contribution in [-0.4, -0.2) is 28.3 Å². The number of nitrogens with one attached hydrogen (secondary N) is 3. The highest BCUT2D eigenvalue weighted by atomic mass is 35.5.